The molecule has 1 unspecified atom stereocenters. The first kappa shape index (κ1) is 15.0. The summed E-state index contributed by atoms with van der Waals surface area (Å²) in [6, 6.07) is 2.80. The molecule has 0 aliphatic carbocycles. The summed E-state index contributed by atoms with van der Waals surface area (Å²) in [5.41, 5.74) is 0. The summed E-state index contributed by atoms with van der Waals surface area (Å²) < 4.78 is 5.04. The number of rotatable bonds is 5. The van der Waals surface area contributed by atoms with Crippen molar-refractivity contribution in [2.45, 2.75) is 13.0 Å². The van der Waals surface area contributed by atoms with E-state index >= 15 is 0 Å². The van der Waals surface area contributed by atoms with Crippen molar-refractivity contribution in [3.05, 3.63) is 24.2 Å². The first-order valence-corrected chi connectivity index (χ1v) is 6.60. The number of hydrogen-bond donors (Lipinski definition) is 3. The van der Waals surface area contributed by atoms with Crippen molar-refractivity contribution in [2.24, 2.45) is 5.92 Å². The lowest BCUT2D eigenvalue weighted by Crippen LogP contribution is -2.44. The zero-order chi connectivity index (χ0) is 15.2. The van der Waals surface area contributed by atoms with E-state index in [-0.39, 0.29) is 13.1 Å². The first-order valence-electron chi connectivity index (χ1n) is 6.60. The minimum absolute atomic E-state index is 0.0119. The Bertz CT molecular complexity index is 514. The highest BCUT2D eigenvalue weighted by molar-refractivity contribution is 5.95. The second kappa shape index (κ2) is 6.89. The molecule has 1 aromatic rings. The fourth-order valence-corrected chi connectivity index (χ4v) is 2.17. The average Bonchev–Trinajstić information content (AvgIpc) is 3.06. The van der Waals surface area contributed by atoms with Gasteiger partial charge in [0.25, 0.3) is 0 Å². The third-order valence-corrected chi connectivity index (χ3v) is 3.25. The second-order valence-corrected chi connectivity index (χ2v) is 4.87. The zero-order valence-corrected chi connectivity index (χ0v) is 11.4. The maximum Gasteiger partial charge on any atom is 0.321 e. The van der Waals surface area contributed by atoms with Gasteiger partial charge in [-0.3, -0.25) is 19.8 Å². The molecule has 0 bridgehead atoms. The Morgan fingerprint density at radius 2 is 2.24 bits per heavy atom. The molecule has 2 heterocycles. The lowest BCUT2D eigenvalue weighted by Gasteiger charge is -2.14. The number of urea groups is 1. The van der Waals surface area contributed by atoms with Gasteiger partial charge in [0.2, 0.25) is 5.91 Å². The highest BCUT2D eigenvalue weighted by atomic mass is 16.4. The number of carboxylic acid groups (broad SMARTS) is 1. The number of furan rings is 1. The Kier molecular flexibility index (Phi) is 4.94. The van der Waals surface area contributed by atoms with Gasteiger partial charge in [-0.25, -0.2) is 4.79 Å². The fourth-order valence-electron chi connectivity index (χ4n) is 2.17. The molecule has 0 saturated carbocycles. The number of nitrogens with one attached hydrogen (secondary N) is 2. The maximum atomic E-state index is 11.7. The number of aliphatic carboxylic acids is 1. The van der Waals surface area contributed by atoms with Crippen LogP contribution in [0.25, 0.3) is 0 Å². The second-order valence-electron chi connectivity index (χ2n) is 4.87. The predicted octanol–water partition coefficient (Wildman–Crippen LogP) is 0.0119. The minimum Gasteiger partial charge on any atom is -0.481 e. The lowest BCUT2D eigenvalue weighted by molar-refractivity contribution is -0.141. The number of amides is 3. The Morgan fingerprint density at radius 3 is 2.86 bits per heavy atom. The molecule has 0 spiro atoms. The van der Waals surface area contributed by atoms with Gasteiger partial charge in [0.1, 0.15) is 5.76 Å². The highest BCUT2D eigenvalue weighted by Gasteiger charge is 2.29. The molecule has 1 aromatic heterocycles. The van der Waals surface area contributed by atoms with E-state index in [9.17, 15) is 14.4 Å². The summed E-state index contributed by atoms with van der Waals surface area (Å²) in [7, 11) is 0. The number of hydrogen-bond acceptors (Lipinski definition) is 5. The van der Waals surface area contributed by atoms with Crippen LogP contribution in [-0.2, 0) is 16.1 Å². The zero-order valence-electron chi connectivity index (χ0n) is 11.4. The molecule has 3 amide bonds. The molecule has 114 valence electrons. The smallest absolute Gasteiger partial charge is 0.321 e. The number of nitrogens with zero attached hydrogens (tertiary/aromatic N) is 1. The third-order valence-electron chi connectivity index (χ3n) is 3.25. The fraction of sp³-hybridized carbons (Fsp3) is 0.462. The Morgan fingerprint density at radius 1 is 1.43 bits per heavy atom. The molecule has 8 heteroatoms. The molecule has 1 atom stereocenters. The van der Waals surface area contributed by atoms with Crippen LogP contribution in [0.3, 0.4) is 0 Å². The summed E-state index contributed by atoms with van der Waals surface area (Å²) in [5, 5.41) is 13.6. The topological polar surface area (TPSA) is 112 Å². The first-order chi connectivity index (χ1) is 10.0. The molecular weight excluding hydrogens is 278 g/mol. The van der Waals surface area contributed by atoms with Gasteiger partial charge in [-0.05, 0) is 25.1 Å². The van der Waals surface area contributed by atoms with E-state index in [0.717, 1.165) is 0 Å². The number of imide groups is 1. The number of carbonyl (C=O) groups excluding carboxylic acids is 2. The van der Waals surface area contributed by atoms with Crippen LogP contribution in [0.5, 0.6) is 0 Å². The van der Waals surface area contributed by atoms with Crippen molar-refractivity contribution in [3.8, 4) is 0 Å². The molecule has 1 aliphatic rings. The van der Waals surface area contributed by atoms with Crippen molar-refractivity contribution in [2.75, 3.05) is 19.6 Å². The molecule has 3 N–H and O–H groups in total. The monoisotopic (exact) mass is 295 g/mol. The van der Waals surface area contributed by atoms with Crippen LogP contribution in [0.4, 0.5) is 4.79 Å². The van der Waals surface area contributed by atoms with E-state index in [2.05, 4.69) is 10.6 Å². The van der Waals surface area contributed by atoms with Crippen molar-refractivity contribution < 1.29 is 23.9 Å². The molecule has 0 aromatic carbocycles. The molecule has 1 saturated heterocycles. The number of carboxylic acids is 1. The predicted molar refractivity (Wildman–Crippen MR) is 71.3 cm³/mol. The lowest BCUT2D eigenvalue weighted by atomic mass is 10.1. The average molecular weight is 295 g/mol. The molecule has 0 radical (unpaired) electrons. The molecule has 8 nitrogen and oxygen atoms in total. The molecule has 1 aliphatic heterocycles. The van der Waals surface area contributed by atoms with Crippen molar-refractivity contribution in [3.63, 3.8) is 0 Å². The van der Waals surface area contributed by atoms with Crippen LogP contribution < -0.4 is 10.6 Å². The van der Waals surface area contributed by atoms with Gasteiger partial charge < -0.3 is 14.8 Å². The minimum atomic E-state index is -0.853. The highest BCUT2D eigenvalue weighted by Crippen LogP contribution is 2.15. The quantitative estimate of drug-likeness (QED) is 0.705. The van der Waals surface area contributed by atoms with Crippen molar-refractivity contribution in [1.29, 1.82) is 0 Å². The molecular formula is C13H17N3O5. The maximum absolute atomic E-state index is 11.7. The Balaban J connectivity index is 1.67. The van der Waals surface area contributed by atoms with Crippen molar-refractivity contribution >= 4 is 17.9 Å². The van der Waals surface area contributed by atoms with Gasteiger partial charge in [0.15, 0.2) is 0 Å². The van der Waals surface area contributed by atoms with Crippen LogP contribution in [0.2, 0.25) is 0 Å². The number of carbonyl (C=O) groups is 3. The number of likely N-dealkylation sites (tertiary alicyclic amines) is 1. The molecule has 21 heavy (non-hydrogen) atoms. The van der Waals surface area contributed by atoms with Crippen LogP contribution in [-0.4, -0.2) is 47.5 Å². The Hall–Kier alpha value is -2.35. The van der Waals surface area contributed by atoms with Gasteiger partial charge in [-0.15, -0.1) is 0 Å². The summed E-state index contributed by atoms with van der Waals surface area (Å²) in [6.45, 7) is 1.07. The third kappa shape index (κ3) is 4.60. The van der Waals surface area contributed by atoms with Crippen LogP contribution in [0.15, 0.2) is 22.8 Å². The van der Waals surface area contributed by atoms with Gasteiger partial charge in [0, 0.05) is 6.54 Å². The molecule has 1 fully saturated rings. The summed E-state index contributed by atoms with van der Waals surface area (Å²) in [4.78, 5) is 35.7. The van der Waals surface area contributed by atoms with E-state index < -0.39 is 23.8 Å². The molecule has 2 rings (SSSR count). The van der Waals surface area contributed by atoms with Crippen LogP contribution in [0.1, 0.15) is 12.2 Å². The summed E-state index contributed by atoms with van der Waals surface area (Å²) >= 11 is 0. The van der Waals surface area contributed by atoms with E-state index in [0.29, 0.717) is 25.3 Å². The Labute approximate surface area is 121 Å². The largest absolute Gasteiger partial charge is 0.481 e. The van der Waals surface area contributed by atoms with Crippen molar-refractivity contribution in [1.82, 2.24) is 15.5 Å². The SMILES string of the molecule is O=C(CN1CCC(C(=O)O)C1)NC(=O)NCc1ccco1. The van der Waals surface area contributed by atoms with E-state index in [1.165, 1.54) is 6.26 Å². The van der Waals surface area contributed by atoms with Gasteiger partial charge in [-0.1, -0.05) is 0 Å². The van der Waals surface area contributed by atoms with Gasteiger partial charge >= 0.3 is 12.0 Å². The summed E-state index contributed by atoms with van der Waals surface area (Å²) in [5.74, 6) is -1.17. The van der Waals surface area contributed by atoms with Gasteiger partial charge in [0.05, 0.1) is 25.3 Å². The summed E-state index contributed by atoms with van der Waals surface area (Å²) in [6.07, 6.45) is 2.01. The normalized spacial score (nSPS) is 18.4. The van der Waals surface area contributed by atoms with E-state index in [1.807, 2.05) is 0 Å². The standard InChI is InChI=1S/C13H17N3O5/c17-11(8-16-4-3-9(7-16)12(18)19)15-13(20)14-6-10-2-1-5-21-10/h1-2,5,9H,3-4,6-8H2,(H,18,19)(H2,14,15,17,20). The van der Waals surface area contributed by atoms with Crippen LogP contribution in [0, 0.1) is 5.92 Å². The van der Waals surface area contributed by atoms with E-state index in [1.54, 1.807) is 17.0 Å². The van der Waals surface area contributed by atoms with Crippen LogP contribution >= 0.6 is 0 Å². The van der Waals surface area contributed by atoms with Gasteiger partial charge in [-0.2, -0.15) is 0 Å². The van der Waals surface area contributed by atoms with E-state index in [4.69, 9.17) is 9.52 Å².